The second-order valence-corrected chi connectivity index (χ2v) is 5.28. The predicted molar refractivity (Wildman–Crippen MR) is 80.5 cm³/mol. The maximum atomic E-state index is 2.56. The van der Waals surface area contributed by atoms with E-state index < -0.39 is 0 Å². The molecular weight excluding hydrogens is 232 g/mol. The molecule has 2 aromatic rings. The second kappa shape index (κ2) is 6.00. The van der Waals surface area contributed by atoms with Crippen LogP contribution in [0.3, 0.4) is 0 Å². The van der Waals surface area contributed by atoms with E-state index in [2.05, 4.69) is 72.5 Å². The maximum Gasteiger partial charge on any atom is 0.0602 e. The zero-order valence-electron chi connectivity index (χ0n) is 11.5. The summed E-state index contributed by atoms with van der Waals surface area (Å²) in [6.45, 7) is 4.73. The van der Waals surface area contributed by atoms with E-state index in [1.807, 2.05) is 0 Å². The summed E-state index contributed by atoms with van der Waals surface area (Å²) in [5.74, 6) is 0.833. The summed E-state index contributed by atoms with van der Waals surface area (Å²) in [6.07, 6.45) is 0. The molecule has 3 rings (SSSR count). The third-order valence-electron chi connectivity index (χ3n) is 3.69. The number of rotatable bonds is 3. The number of hydrogen-bond donors (Lipinski definition) is 1. The van der Waals surface area contributed by atoms with Gasteiger partial charge in [0.1, 0.15) is 0 Å². The normalized spacial score (nSPS) is 15.9. The number of benzene rings is 2. The first-order valence-corrected chi connectivity index (χ1v) is 6.68. The minimum Gasteiger partial charge on any atom is -0.344 e. The Morgan fingerprint density at radius 1 is 0.842 bits per heavy atom. The molecule has 0 unspecified atom stereocenters. The summed E-state index contributed by atoms with van der Waals surface area (Å²) in [5.41, 5.74) is 2.80. The minimum atomic E-state index is 0. The zero-order chi connectivity index (χ0) is 12.4. The Kier molecular flexibility index (Phi) is 4.35. The molecule has 0 bridgehead atoms. The summed E-state index contributed by atoms with van der Waals surface area (Å²) in [6, 6.07) is 22.1. The Morgan fingerprint density at radius 2 is 1.26 bits per heavy atom. The van der Waals surface area contributed by atoms with Gasteiger partial charge in [-0.3, -0.25) is 4.90 Å². The minimum absolute atomic E-state index is 0. The highest BCUT2D eigenvalue weighted by Gasteiger charge is 2.31. The summed E-state index contributed by atoms with van der Waals surface area (Å²) in [7, 11) is 0. The van der Waals surface area contributed by atoms with Crippen molar-refractivity contribution in [1.82, 2.24) is 11.1 Å². The van der Waals surface area contributed by atoms with Crippen LogP contribution in [0, 0.1) is 5.92 Å². The Morgan fingerprint density at radius 3 is 1.63 bits per heavy atom. The fraction of sp³-hybridized carbons (Fsp3) is 0.294. The van der Waals surface area contributed by atoms with Crippen LogP contribution in [0.15, 0.2) is 60.7 Å². The molecule has 1 saturated heterocycles. The van der Waals surface area contributed by atoms with Crippen LogP contribution < -0.4 is 6.15 Å². The van der Waals surface area contributed by atoms with Gasteiger partial charge in [0.25, 0.3) is 0 Å². The van der Waals surface area contributed by atoms with Crippen LogP contribution >= 0.6 is 0 Å². The molecule has 1 aliphatic heterocycles. The third-order valence-corrected chi connectivity index (χ3v) is 3.69. The van der Waals surface area contributed by atoms with E-state index in [4.69, 9.17) is 0 Å². The van der Waals surface area contributed by atoms with Gasteiger partial charge in [-0.25, -0.2) is 0 Å². The molecule has 0 saturated carbocycles. The van der Waals surface area contributed by atoms with Gasteiger partial charge in [0.2, 0.25) is 0 Å². The fourth-order valence-electron chi connectivity index (χ4n) is 2.84. The van der Waals surface area contributed by atoms with E-state index in [1.54, 1.807) is 0 Å². The van der Waals surface area contributed by atoms with Gasteiger partial charge in [-0.1, -0.05) is 67.6 Å². The molecule has 0 atom stereocenters. The van der Waals surface area contributed by atoms with E-state index >= 15 is 0 Å². The van der Waals surface area contributed by atoms with Crippen molar-refractivity contribution in [2.45, 2.75) is 13.0 Å². The van der Waals surface area contributed by atoms with Crippen LogP contribution in [0.5, 0.6) is 0 Å². The fourth-order valence-corrected chi connectivity index (χ4v) is 2.84. The monoisotopic (exact) mass is 254 g/mol. The van der Waals surface area contributed by atoms with Gasteiger partial charge in [-0.2, -0.15) is 0 Å². The van der Waals surface area contributed by atoms with Crippen molar-refractivity contribution in [2.75, 3.05) is 13.1 Å². The number of likely N-dealkylation sites (tertiary alicyclic amines) is 1. The summed E-state index contributed by atoms with van der Waals surface area (Å²) in [5, 5.41) is 0. The lowest BCUT2D eigenvalue weighted by Gasteiger charge is -2.43. The smallest absolute Gasteiger partial charge is 0.0602 e. The highest BCUT2D eigenvalue weighted by Crippen LogP contribution is 2.33. The lowest BCUT2D eigenvalue weighted by molar-refractivity contribution is 0.0796. The van der Waals surface area contributed by atoms with Crippen molar-refractivity contribution in [3.05, 3.63) is 71.8 Å². The quantitative estimate of drug-likeness (QED) is 0.902. The van der Waals surface area contributed by atoms with Gasteiger partial charge < -0.3 is 6.15 Å². The first kappa shape index (κ1) is 13.8. The summed E-state index contributed by atoms with van der Waals surface area (Å²) < 4.78 is 0. The van der Waals surface area contributed by atoms with Crippen LogP contribution in [0.25, 0.3) is 0 Å². The van der Waals surface area contributed by atoms with Crippen molar-refractivity contribution in [1.29, 1.82) is 0 Å². The molecule has 0 amide bonds. The molecule has 2 nitrogen and oxygen atoms in total. The molecule has 1 heterocycles. The van der Waals surface area contributed by atoms with Crippen molar-refractivity contribution < 1.29 is 0 Å². The average molecular weight is 254 g/mol. The lowest BCUT2D eigenvalue weighted by Crippen LogP contribution is -2.47. The van der Waals surface area contributed by atoms with E-state index in [-0.39, 0.29) is 6.15 Å². The molecule has 2 heteroatoms. The van der Waals surface area contributed by atoms with E-state index in [0.29, 0.717) is 6.04 Å². The molecule has 0 spiro atoms. The van der Waals surface area contributed by atoms with Crippen LogP contribution in [0.1, 0.15) is 24.1 Å². The van der Waals surface area contributed by atoms with E-state index in [1.165, 1.54) is 24.2 Å². The second-order valence-electron chi connectivity index (χ2n) is 5.28. The first-order chi connectivity index (χ1) is 8.84. The molecule has 100 valence electrons. The molecule has 0 radical (unpaired) electrons. The first-order valence-electron chi connectivity index (χ1n) is 6.68. The van der Waals surface area contributed by atoms with Crippen LogP contribution in [-0.2, 0) is 0 Å². The molecule has 3 N–H and O–H groups in total. The number of hydrogen-bond acceptors (Lipinski definition) is 2. The van der Waals surface area contributed by atoms with E-state index in [0.717, 1.165) is 5.92 Å². The SMILES string of the molecule is CC1CN(C(c2ccccc2)c2ccccc2)C1.N. The van der Waals surface area contributed by atoms with Crippen molar-refractivity contribution in [3.8, 4) is 0 Å². The Balaban J connectivity index is 0.00000133. The van der Waals surface area contributed by atoms with Crippen LogP contribution in [-0.4, -0.2) is 18.0 Å². The molecule has 0 aliphatic carbocycles. The lowest BCUT2D eigenvalue weighted by atomic mass is 9.91. The molecule has 2 aromatic carbocycles. The molecular formula is C17H22N2. The molecule has 19 heavy (non-hydrogen) atoms. The van der Waals surface area contributed by atoms with Crippen molar-refractivity contribution in [2.24, 2.45) is 5.92 Å². The molecule has 1 fully saturated rings. The van der Waals surface area contributed by atoms with Gasteiger partial charge in [0, 0.05) is 13.1 Å². The van der Waals surface area contributed by atoms with Gasteiger partial charge in [0.05, 0.1) is 6.04 Å². The highest BCUT2D eigenvalue weighted by molar-refractivity contribution is 5.32. The van der Waals surface area contributed by atoms with Crippen molar-refractivity contribution in [3.63, 3.8) is 0 Å². The van der Waals surface area contributed by atoms with E-state index in [9.17, 15) is 0 Å². The molecule has 0 aromatic heterocycles. The Hall–Kier alpha value is -1.64. The largest absolute Gasteiger partial charge is 0.344 e. The Labute approximate surface area is 115 Å². The van der Waals surface area contributed by atoms with Gasteiger partial charge >= 0.3 is 0 Å². The van der Waals surface area contributed by atoms with Gasteiger partial charge in [-0.05, 0) is 17.0 Å². The topological polar surface area (TPSA) is 38.2 Å². The Bertz CT molecular complexity index is 450. The van der Waals surface area contributed by atoms with Crippen LogP contribution in [0.4, 0.5) is 0 Å². The standard InChI is InChI=1S/C17H19N.H3N/c1-14-12-18(13-14)17(15-8-4-2-5-9-15)16-10-6-3-7-11-16;/h2-11,14,17H,12-13H2,1H3;1H3. The van der Waals surface area contributed by atoms with Gasteiger partial charge in [0.15, 0.2) is 0 Å². The number of nitrogens with zero attached hydrogens (tertiary/aromatic N) is 1. The summed E-state index contributed by atoms with van der Waals surface area (Å²) in [4.78, 5) is 2.56. The third kappa shape index (κ3) is 2.86. The summed E-state index contributed by atoms with van der Waals surface area (Å²) >= 11 is 0. The zero-order valence-corrected chi connectivity index (χ0v) is 11.5. The highest BCUT2D eigenvalue weighted by atomic mass is 15.2. The molecule has 1 aliphatic rings. The predicted octanol–water partition coefficient (Wildman–Crippen LogP) is 3.89. The van der Waals surface area contributed by atoms with Crippen molar-refractivity contribution >= 4 is 0 Å². The maximum absolute atomic E-state index is 2.56. The van der Waals surface area contributed by atoms with Crippen LogP contribution in [0.2, 0.25) is 0 Å². The van der Waals surface area contributed by atoms with Gasteiger partial charge in [-0.15, -0.1) is 0 Å². The average Bonchev–Trinajstić information content (AvgIpc) is 2.40.